The molecule has 1 aliphatic heterocycles. The summed E-state index contributed by atoms with van der Waals surface area (Å²) in [6.45, 7) is 5.82. The fraction of sp³-hybridized carbons (Fsp3) is 0.304. The number of aryl methyl sites for hydroxylation is 1. The van der Waals surface area contributed by atoms with E-state index in [9.17, 15) is 4.79 Å². The zero-order valence-electron chi connectivity index (χ0n) is 17.6. The van der Waals surface area contributed by atoms with Crippen LogP contribution in [0.1, 0.15) is 30.9 Å². The molecular formula is C23H24N6OS. The first-order chi connectivity index (χ1) is 15.0. The number of nitrogens with one attached hydrogen (secondary N) is 1. The van der Waals surface area contributed by atoms with Gasteiger partial charge < -0.3 is 10.2 Å². The van der Waals surface area contributed by atoms with Gasteiger partial charge in [0, 0.05) is 18.8 Å². The van der Waals surface area contributed by atoms with Gasteiger partial charge in [0.2, 0.25) is 11.9 Å². The van der Waals surface area contributed by atoms with Crippen LogP contribution in [0, 0.1) is 18.3 Å². The van der Waals surface area contributed by atoms with Crippen molar-refractivity contribution in [3.63, 3.8) is 0 Å². The maximum Gasteiger partial charge on any atom is 0.237 e. The van der Waals surface area contributed by atoms with Gasteiger partial charge in [-0.15, -0.1) is 10.2 Å². The van der Waals surface area contributed by atoms with Crippen molar-refractivity contribution >= 4 is 29.3 Å². The molecule has 3 aromatic rings. The van der Waals surface area contributed by atoms with Crippen molar-refractivity contribution in [1.82, 2.24) is 14.8 Å². The van der Waals surface area contributed by atoms with Crippen LogP contribution < -0.4 is 10.2 Å². The van der Waals surface area contributed by atoms with Crippen LogP contribution in [0.2, 0.25) is 0 Å². The molecule has 1 N–H and O–H groups in total. The van der Waals surface area contributed by atoms with E-state index in [1.165, 1.54) is 17.3 Å². The normalized spacial score (nSPS) is 14.3. The summed E-state index contributed by atoms with van der Waals surface area (Å²) in [6, 6.07) is 17.2. The Morgan fingerprint density at radius 1 is 1.16 bits per heavy atom. The molecule has 0 bridgehead atoms. The summed E-state index contributed by atoms with van der Waals surface area (Å²) in [4.78, 5) is 15.0. The fourth-order valence-electron chi connectivity index (χ4n) is 3.50. The second kappa shape index (κ2) is 9.23. The van der Waals surface area contributed by atoms with Crippen LogP contribution in [-0.2, 0) is 4.79 Å². The summed E-state index contributed by atoms with van der Waals surface area (Å²) in [5, 5.41) is 21.1. The number of carbonyl (C=O) groups is 1. The molecule has 158 valence electrons. The molecule has 1 aliphatic rings. The Morgan fingerprint density at radius 3 is 2.61 bits per heavy atom. The molecule has 1 atom stereocenters. The van der Waals surface area contributed by atoms with Gasteiger partial charge in [0.25, 0.3) is 0 Å². The Labute approximate surface area is 186 Å². The lowest BCUT2D eigenvalue weighted by Crippen LogP contribution is -2.24. The van der Waals surface area contributed by atoms with Gasteiger partial charge >= 0.3 is 0 Å². The van der Waals surface area contributed by atoms with E-state index < -0.39 is 5.25 Å². The molecule has 8 heteroatoms. The van der Waals surface area contributed by atoms with Gasteiger partial charge in [-0.25, -0.2) is 0 Å². The quantitative estimate of drug-likeness (QED) is 0.589. The smallest absolute Gasteiger partial charge is 0.237 e. The van der Waals surface area contributed by atoms with Crippen molar-refractivity contribution in [1.29, 1.82) is 5.26 Å². The first kappa shape index (κ1) is 20.9. The SMILES string of the molecule is Cc1ccc(-n2c(SC(C)C(=O)Nc3cccc(C#N)c3)nnc2N2CCCC2)cc1. The highest BCUT2D eigenvalue weighted by Gasteiger charge is 2.25. The van der Waals surface area contributed by atoms with E-state index in [-0.39, 0.29) is 5.91 Å². The highest BCUT2D eigenvalue weighted by molar-refractivity contribution is 8.00. The summed E-state index contributed by atoms with van der Waals surface area (Å²) in [5.74, 6) is 0.666. The number of benzene rings is 2. The first-order valence-electron chi connectivity index (χ1n) is 10.3. The molecule has 31 heavy (non-hydrogen) atoms. The number of rotatable bonds is 6. The molecule has 2 aromatic carbocycles. The van der Waals surface area contributed by atoms with E-state index in [1.54, 1.807) is 24.3 Å². The van der Waals surface area contributed by atoms with Crippen LogP contribution in [0.25, 0.3) is 5.69 Å². The molecule has 4 rings (SSSR count). The monoisotopic (exact) mass is 432 g/mol. The maximum absolute atomic E-state index is 12.8. The summed E-state index contributed by atoms with van der Waals surface area (Å²) in [6.07, 6.45) is 2.29. The number of thioether (sulfide) groups is 1. The van der Waals surface area contributed by atoms with Gasteiger partial charge in [-0.05, 0) is 57.0 Å². The highest BCUT2D eigenvalue weighted by atomic mass is 32.2. The zero-order chi connectivity index (χ0) is 21.8. The zero-order valence-corrected chi connectivity index (χ0v) is 18.4. The number of nitriles is 1. The number of nitrogens with zero attached hydrogens (tertiary/aromatic N) is 5. The third-order valence-corrected chi connectivity index (χ3v) is 6.25. The van der Waals surface area contributed by atoms with Gasteiger partial charge in [0.05, 0.1) is 22.6 Å². The van der Waals surface area contributed by atoms with E-state index in [2.05, 4.69) is 57.7 Å². The topological polar surface area (TPSA) is 86.8 Å². The molecule has 1 saturated heterocycles. The van der Waals surface area contributed by atoms with Crippen LogP contribution in [0.4, 0.5) is 11.6 Å². The van der Waals surface area contributed by atoms with Gasteiger partial charge in [-0.2, -0.15) is 5.26 Å². The van der Waals surface area contributed by atoms with Crippen molar-refractivity contribution in [2.24, 2.45) is 0 Å². The number of anilines is 2. The Balaban J connectivity index is 1.57. The molecule has 7 nitrogen and oxygen atoms in total. The highest BCUT2D eigenvalue weighted by Crippen LogP contribution is 2.31. The van der Waals surface area contributed by atoms with Crippen molar-refractivity contribution in [2.75, 3.05) is 23.3 Å². The maximum atomic E-state index is 12.8. The number of hydrogen-bond acceptors (Lipinski definition) is 6. The molecule has 1 amide bonds. The molecule has 1 unspecified atom stereocenters. The Morgan fingerprint density at radius 2 is 1.90 bits per heavy atom. The predicted molar refractivity (Wildman–Crippen MR) is 123 cm³/mol. The average molecular weight is 433 g/mol. The van der Waals surface area contributed by atoms with E-state index in [1.807, 2.05) is 11.5 Å². The van der Waals surface area contributed by atoms with Crippen molar-refractivity contribution in [3.05, 3.63) is 59.7 Å². The summed E-state index contributed by atoms with van der Waals surface area (Å²) in [7, 11) is 0. The van der Waals surface area contributed by atoms with Gasteiger partial charge in [-0.3, -0.25) is 9.36 Å². The van der Waals surface area contributed by atoms with Gasteiger partial charge in [0.1, 0.15) is 0 Å². The molecule has 1 aromatic heterocycles. The van der Waals surface area contributed by atoms with Crippen LogP contribution >= 0.6 is 11.8 Å². The average Bonchev–Trinajstić information content (AvgIpc) is 3.44. The van der Waals surface area contributed by atoms with Gasteiger partial charge in [-0.1, -0.05) is 35.5 Å². The third-order valence-electron chi connectivity index (χ3n) is 5.21. The first-order valence-corrected chi connectivity index (χ1v) is 11.2. The second-order valence-corrected chi connectivity index (χ2v) is 8.90. The number of aromatic nitrogens is 3. The molecular weight excluding hydrogens is 408 g/mol. The van der Waals surface area contributed by atoms with Crippen LogP contribution in [-0.4, -0.2) is 39.0 Å². The Kier molecular flexibility index (Phi) is 6.23. The molecule has 1 fully saturated rings. The molecule has 2 heterocycles. The molecule has 0 radical (unpaired) electrons. The third kappa shape index (κ3) is 4.72. The minimum atomic E-state index is -0.398. The van der Waals surface area contributed by atoms with E-state index in [0.29, 0.717) is 16.4 Å². The number of amides is 1. The number of hydrogen-bond donors (Lipinski definition) is 1. The van der Waals surface area contributed by atoms with E-state index >= 15 is 0 Å². The standard InChI is InChI=1S/C23H24N6OS/c1-16-8-10-20(11-9-16)29-22(28-12-3-4-13-28)26-27-23(29)31-17(2)21(30)25-19-7-5-6-18(14-19)15-24/h5-11,14,17H,3-4,12-13H2,1-2H3,(H,25,30). The Bertz CT molecular complexity index is 1110. The summed E-state index contributed by atoms with van der Waals surface area (Å²) in [5.41, 5.74) is 3.28. The van der Waals surface area contributed by atoms with Crippen LogP contribution in [0.15, 0.2) is 53.7 Å². The second-order valence-electron chi connectivity index (χ2n) is 7.59. The minimum Gasteiger partial charge on any atom is -0.341 e. The fourth-order valence-corrected chi connectivity index (χ4v) is 4.36. The van der Waals surface area contributed by atoms with Crippen molar-refractivity contribution in [3.8, 4) is 11.8 Å². The van der Waals surface area contributed by atoms with Crippen LogP contribution in [0.3, 0.4) is 0 Å². The van der Waals surface area contributed by atoms with Crippen LogP contribution in [0.5, 0.6) is 0 Å². The lowest BCUT2D eigenvalue weighted by molar-refractivity contribution is -0.115. The minimum absolute atomic E-state index is 0.152. The largest absolute Gasteiger partial charge is 0.341 e. The van der Waals surface area contributed by atoms with Crippen molar-refractivity contribution < 1.29 is 4.79 Å². The summed E-state index contributed by atoms with van der Waals surface area (Å²) >= 11 is 1.37. The van der Waals surface area contributed by atoms with E-state index in [0.717, 1.165) is 37.6 Å². The van der Waals surface area contributed by atoms with Crippen molar-refractivity contribution in [2.45, 2.75) is 37.1 Å². The lowest BCUT2D eigenvalue weighted by Gasteiger charge is -2.19. The molecule has 0 aliphatic carbocycles. The number of carbonyl (C=O) groups excluding carboxylic acids is 1. The molecule has 0 spiro atoms. The predicted octanol–water partition coefficient (Wildman–Crippen LogP) is 4.17. The van der Waals surface area contributed by atoms with Gasteiger partial charge in [0.15, 0.2) is 5.16 Å². The lowest BCUT2D eigenvalue weighted by atomic mass is 10.2. The summed E-state index contributed by atoms with van der Waals surface area (Å²) < 4.78 is 2.04. The molecule has 0 saturated carbocycles. The van der Waals surface area contributed by atoms with E-state index in [4.69, 9.17) is 5.26 Å². The Hall–Kier alpha value is -3.31.